The molecule has 0 saturated heterocycles. The van der Waals surface area contributed by atoms with Crippen LogP contribution in [0.3, 0.4) is 0 Å². The van der Waals surface area contributed by atoms with E-state index in [2.05, 4.69) is 25.8 Å². The van der Waals surface area contributed by atoms with Crippen molar-refractivity contribution in [3.63, 3.8) is 0 Å². The number of carbonyl (C=O) groups excluding carboxylic acids is 1. The van der Waals surface area contributed by atoms with Crippen molar-refractivity contribution < 1.29 is 9.21 Å². The van der Waals surface area contributed by atoms with Gasteiger partial charge in [0.25, 0.3) is 5.91 Å². The lowest BCUT2D eigenvalue weighted by atomic mass is 10.2. The van der Waals surface area contributed by atoms with E-state index in [9.17, 15) is 4.79 Å². The van der Waals surface area contributed by atoms with Crippen LogP contribution in [0.5, 0.6) is 0 Å². The standard InChI is InChI=1S/C10H11N5O2/c1-6-14-15-10(17-6)13-9(16)7-5-12-4-3-8(7)11-2/h3-5H,1-2H3,(H,11,12)(H,13,15,16). The van der Waals surface area contributed by atoms with E-state index >= 15 is 0 Å². The van der Waals surface area contributed by atoms with Gasteiger partial charge >= 0.3 is 6.01 Å². The van der Waals surface area contributed by atoms with Crippen LogP contribution in [0.1, 0.15) is 16.2 Å². The molecule has 2 aromatic heterocycles. The Labute approximate surface area is 97.3 Å². The van der Waals surface area contributed by atoms with Crippen LogP contribution in [0.2, 0.25) is 0 Å². The zero-order valence-corrected chi connectivity index (χ0v) is 9.39. The molecule has 7 heteroatoms. The number of nitrogens with one attached hydrogen (secondary N) is 2. The number of nitrogens with zero attached hydrogens (tertiary/aromatic N) is 3. The summed E-state index contributed by atoms with van der Waals surface area (Å²) in [6.07, 6.45) is 3.06. The monoisotopic (exact) mass is 233 g/mol. The van der Waals surface area contributed by atoms with Gasteiger partial charge in [-0.15, -0.1) is 5.10 Å². The van der Waals surface area contributed by atoms with Crippen molar-refractivity contribution in [3.8, 4) is 0 Å². The van der Waals surface area contributed by atoms with Gasteiger partial charge in [0, 0.05) is 32.1 Å². The first-order valence-corrected chi connectivity index (χ1v) is 4.94. The second-order valence-electron chi connectivity index (χ2n) is 3.25. The van der Waals surface area contributed by atoms with Crippen molar-refractivity contribution in [2.75, 3.05) is 17.7 Å². The van der Waals surface area contributed by atoms with Gasteiger partial charge in [-0.05, 0) is 6.07 Å². The highest BCUT2D eigenvalue weighted by atomic mass is 16.4. The Morgan fingerprint density at radius 3 is 2.88 bits per heavy atom. The quantitative estimate of drug-likeness (QED) is 0.823. The summed E-state index contributed by atoms with van der Waals surface area (Å²) in [7, 11) is 1.73. The van der Waals surface area contributed by atoms with Gasteiger partial charge < -0.3 is 9.73 Å². The molecule has 1 amide bonds. The molecule has 7 nitrogen and oxygen atoms in total. The molecule has 2 aromatic rings. The fourth-order valence-corrected chi connectivity index (χ4v) is 1.30. The molecular formula is C10H11N5O2. The van der Waals surface area contributed by atoms with Crippen LogP contribution < -0.4 is 10.6 Å². The number of hydrogen-bond donors (Lipinski definition) is 2. The van der Waals surface area contributed by atoms with Gasteiger partial charge in [-0.1, -0.05) is 5.10 Å². The van der Waals surface area contributed by atoms with Crippen LogP contribution >= 0.6 is 0 Å². The van der Waals surface area contributed by atoms with E-state index in [0.717, 1.165) is 0 Å². The number of amides is 1. The third-order valence-electron chi connectivity index (χ3n) is 2.08. The lowest BCUT2D eigenvalue weighted by Gasteiger charge is -2.06. The molecule has 0 fully saturated rings. The zero-order chi connectivity index (χ0) is 12.3. The number of carbonyl (C=O) groups is 1. The summed E-state index contributed by atoms with van der Waals surface area (Å²) < 4.78 is 5.05. The predicted molar refractivity (Wildman–Crippen MR) is 60.8 cm³/mol. The molecule has 0 aliphatic heterocycles. The van der Waals surface area contributed by atoms with Crippen LogP contribution in [-0.4, -0.2) is 28.1 Å². The molecule has 2 rings (SSSR count). The summed E-state index contributed by atoms with van der Waals surface area (Å²) in [5.41, 5.74) is 1.08. The third-order valence-corrected chi connectivity index (χ3v) is 2.08. The second-order valence-corrected chi connectivity index (χ2v) is 3.25. The first kappa shape index (κ1) is 11.1. The molecular weight excluding hydrogens is 222 g/mol. The van der Waals surface area contributed by atoms with Crippen molar-refractivity contribution in [1.82, 2.24) is 15.2 Å². The normalized spacial score (nSPS) is 10.0. The van der Waals surface area contributed by atoms with Crippen molar-refractivity contribution in [2.24, 2.45) is 0 Å². The van der Waals surface area contributed by atoms with Crippen molar-refractivity contribution in [3.05, 3.63) is 29.9 Å². The van der Waals surface area contributed by atoms with Gasteiger partial charge in [-0.3, -0.25) is 15.1 Å². The number of rotatable bonds is 3. The van der Waals surface area contributed by atoms with E-state index < -0.39 is 0 Å². The minimum Gasteiger partial charge on any atom is -0.408 e. The van der Waals surface area contributed by atoms with Crippen LogP contribution in [0.25, 0.3) is 0 Å². The Bertz CT molecular complexity index is 537. The van der Waals surface area contributed by atoms with E-state index in [1.54, 1.807) is 26.2 Å². The maximum atomic E-state index is 11.9. The third kappa shape index (κ3) is 2.39. The molecule has 17 heavy (non-hydrogen) atoms. The first-order valence-electron chi connectivity index (χ1n) is 4.94. The summed E-state index contributed by atoms with van der Waals surface area (Å²) in [5, 5.41) is 12.7. The van der Waals surface area contributed by atoms with Crippen molar-refractivity contribution in [2.45, 2.75) is 6.92 Å². The topological polar surface area (TPSA) is 92.9 Å². The Kier molecular flexibility index (Phi) is 2.99. The van der Waals surface area contributed by atoms with Gasteiger partial charge in [-0.2, -0.15) is 0 Å². The number of aryl methyl sites for hydroxylation is 1. The zero-order valence-electron chi connectivity index (χ0n) is 9.39. The molecule has 0 bridgehead atoms. The average molecular weight is 233 g/mol. The number of aromatic nitrogens is 3. The minimum absolute atomic E-state index is 0.0680. The van der Waals surface area contributed by atoms with Crippen LogP contribution in [0.4, 0.5) is 11.7 Å². The van der Waals surface area contributed by atoms with E-state index in [1.165, 1.54) is 6.20 Å². The highest BCUT2D eigenvalue weighted by Gasteiger charge is 2.13. The van der Waals surface area contributed by atoms with Crippen molar-refractivity contribution in [1.29, 1.82) is 0 Å². The second kappa shape index (κ2) is 4.60. The lowest BCUT2D eigenvalue weighted by molar-refractivity contribution is 0.102. The Balaban J connectivity index is 2.20. The molecule has 0 unspecified atom stereocenters. The summed E-state index contributed by atoms with van der Waals surface area (Å²) in [6, 6.07) is 1.77. The van der Waals surface area contributed by atoms with Gasteiger partial charge in [0.1, 0.15) is 0 Å². The Morgan fingerprint density at radius 1 is 1.41 bits per heavy atom. The van der Waals surface area contributed by atoms with Gasteiger partial charge in [0.15, 0.2) is 0 Å². The van der Waals surface area contributed by atoms with E-state index in [0.29, 0.717) is 17.1 Å². The van der Waals surface area contributed by atoms with Crippen LogP contribution in [-0.2, 0) is 0 Å². The minimum atomic E-state index is -0.355. The number of anilines is 2. The van der Waals surface area contributed by atoms with Crippen LogP contribution in [0.15, 0.2) is 22.9 Å². The van der Waals surface area contributed by atoms with Gasteiger partial charge in [-0.25, -0.2) is 0 Å². The molecule has 2 N–H and O–H groups in total. The summed E-state index contributed by atoms with van der Waals surface area (Å²) in [4.78, 5) is 15.8. The highest BCUT2D eigenvalue weighted by molar-refractivity contribution is 6.06. The smallest absolute Gasteiger partial charge is 0.322 e. The van der Waals surface area contributed by atoms with Crippen LogP contribution in [0, 0.1) is 6.92 Å². The fourth-order valence-electron chi connectivity index (χ4n) is 1.30. The largest absolute Gasteiger partial charge is 0.408 e. The molecule has 0 atom stereocenters. The maximum absolute atomic E-state index is 11.9. The number of hydrogen-bond acceptors (Lipinski definition) is 6. The number of pyridine rings is 1. The molecule has 2 heterocycles. The fraction of sp³-hybridized carbons (Fsp3) is 0.200. The Hall–Kier alpha value is -2.44. The van der Waals surface area contributed by atoms with E-state index in [1.807, 2.05) is 0 Å². The average Bonchev–Trinajstić information content (AvgIpc) is 2.74. The summed E-state index contributed by atoms with van der Waals surface area (Å²) in [5.74, 6) is 0.0337. The Morgan fingerprint density at radius 2 is 2.24 bits per heavy atom. The molecule has 0 aliphatic rings. The molecule has 0 saturated carbocycles. The van der Waals surface area contributed by atoms with E-state index in [4.69, 9.17) is 4.42 Å². The summed E-state index contributed by atoms with van der Waals surface area (Å²) >= 11 is 0. The molecule has 0 aliphatic carbocycles. The SMILES string of the molecule is CNc1ccncc1C(=O)Nc1nnc(C)o1. The van der Waals surface area contributed by atoms with E-state index in [-0.39, 0.29) is 11.9 Å². The molecule has 0 aromatic carbocycles. The first-order chi connectivity index (χ1) is 8.20. The molecule has 0 radical (unpaired) electrons. The van der Waals surface area contributed by atoms with Gasteiger partial charge in [0.2, 0.25) is 5.89 Å². The summed E-state index contributed by atoms with van der Waals surface area (Å²) in [6.45, 7) is 1.64. The molecule has 0 spiro atoms. The maximum Gasteiger partial charge on any atom is 0.322 e. The molecule has 88 valence electrons. The highest BCUT2D eigenvalue weighted by Crippen LogP contribution is 2.14. The van der Waals surface area contributed by atoms with Crippen molar-refractivity contribution >= 4 is 17.6 Å². The predicted octanol–water partition coefficient (Wildman–Crippen LogP) is 1.07. The van der Waals surface area contributed by atoms with Gasteiger partial charge in [0.05, 0.1) is 5.56 Å². The lowest BCUT2D eigenvalue weighted by Crippen LogP contribution is -2.14.